The van der Waals surface area contributed by atoms with Gasteiger partial charge < -0.3 is 14.2 Å². The van der Waals surface area contributed by atoms with Gasteiger partial charge in [-0.2, -0.15) is 26.3 Å². The summed E-state index contributed by atoms with van der Waals surface area (Å²) in [4.78, 5) is 26.3. The van der Waals surface area contributed by atoms with Crippen molar-refractivity contribution in [2.24, 2.45) is 0 Å². The summed E-state index contributed by atoms with van der Waals surface area (Å²) in [6, 6.07) is 0. The van der Waals surface area contributed by atoms with Crippen LogP contribution in [0, 0.1) is 0 Å². The quantitative estimate of drug-likeness (QED) is 0.595. The smallest absolute Gasteiger partial charge is 0.434 e. The monoisotopic (exact) mass is 375 g/mol. The highest BCUT2D eigenvalue weighted by Gasteiger charge is 2.49. The molecule has 1 rings (SSSR count). The number of hydrogen-bond acceptors (Lipinski definition) is 6. The summed E-state index contributed by atoms with van der Waals surface area (Å²) in [5.41, 5.74) is -7.80. The van der Waals surface area contributed by atoms with E-state index in [4.69, 9.17) is 0 Å². The number of nitrogens with zero attached hydrogens (tertiary/aromatic N) is 1. The first-order valence-electron chi connectivity index (χ1n) is 6.41. The summed E-state index contributed by atoms with van der Waals surface area (Å²) in [6.45, 7) is 0.879. The van der Waals surface area contributed by atoms with Crippen molar-refractivity contribution in [3.05, 3.63) is 22.4 Å². The van der Waals surface area contributed by atoms with E-state index in [-0.39, 0.29) is 6.61 Å². The molecule has 12 heteroatoms. The van der Waals surface area contributed by atoms with Crippen LogP contribution in [0.4, 0.5) is 26.3 Å². The van der Waals surface area contributed by atoms with Gasteiger partial charge in [-0.15, -0.1) is 0 Å². The van der Waals surface area contributed by atoms with Crippen molar-refractivity contribution in [2.75, 3.05) is 20.8 Å². The lowest BCUT2D eigenvalue weighted by molar-refractivity contribution is -0.147. The number of alkyl halides is 6. The Morgan fingerprint density at radius 2 is 1.52 bits per heavy atom. The number of ether oxygens (including phenoxy) is 3. The summed E-state index contributed by atoms with van der Waals surface area (Å²) in [5, 5.41) is 0. The predicted octanol–water partition coefficient (Wildman–Crippen LogP) is 3.09. The van der Waals surface area contributed by atoms with Crippen molar-refractivity contribution >= 4 is 11.9 Å². The topological polar surface area (TPSA) is 74.7 Å². The molecule has 25 heavy (non-hydrogen) atoms. The third-order valence-corrected chi connectivity index (χ3v) is 2.78. The molecular formula is C13H11F6NO5. The van der Waals surface area contributed by atoms with E-state index in [0.717, 1.165) is 0 Å². The predicted molar refractivity (Wildman–Crippen MR) is 68.1 cm³/mol. The highest BCUT2D eigenvalue weighted by Crippen LogP contribution is 2.43. The maximum atomic E-state index is 13.4. The number of esters is 2. The van der Waals surface area contributed by atoms with Crippen molar-refractivity contribution in [1.29, 1.82) is 0 Å². The van der Waals surface area contributed by atoms with E-state index in [2.05, 4.69) is 19.2 Å². The molecule has 0 unspecified atom stereocenters. The first kappa shape index (κ1) is 20.5. The van der Waals surface area contributed by atoms with E-state index in [1.165, 1.54) is 6.92 Å². The van der Waals surface area contributed by atoms with Crippen molar-refractivity contribution in [3.8, 4) is 5.88 Å². The van der Waals surface area contributed by atoms with Crippen LogP contribution >= 0.6 is 0 Å². The minimum absolute atomic E-state index is 0.381. The van der Waals surface area contributed by atoms with Gasteiger partial charge in [0.05, 0.1) is 26.4 Å². The van der Waals surface area contributed by atoms with Crippen LogP contribution in [0.3, 0.4) is 0 Å². The molecule has 6 nitrogen and oxygen atoms in total. The molecule has 140 valence electrons. The Hall–Kier alpha value is -2.53. The zero-order valence-corrected chi connectivity index (χ0v) is 13.0. The fraction of sp³-hybridized carbons (Fsp3) is 0.462. The van der Waals surface area contributed by atoms with Gasteiger partial charge in [-0.3, -0.25) is 0 Å². The number of rotatable bonds is 4. The lowest BCUT2D eigenvalue weighted by atomic mass is 9.99. The Balaban J connectivity index is 4.09. The fourth-order valence-corrected chi connectivity index (χ4v) is 1.89. The average Bonchev–Trinajstić information content (AvgIpc) is 2.50. The maximum Gasteiger partial charge on any atom is 0.434 e. The zero-order chi connectivity index (χ0) is 19.6. The standard InChI is InChI=1S/C13H11F6NO5/c1-4-25-11(22)6-7(12(14,15)16)5(10(21)24-3)8(13(17,18)19)20-9(6)23-2/h4H2,1-3H3. The lowest BCUT2D eigenvalue weighted by Gasteiger charge is -2.21. The number of carbonyl (C=O) groups is 2. The summed E-state index contributed by atoms with van der Waals surface area (Å²) >= 11 is 0. The van der Waals surface area contributed by atoms with E-state index >= 15 is 0 Å². The van der Waals surface area contributed by atoms with E-state index in [0.29, 0.717) is 14.2 Å². The summed E-state index contributed by atoms with van der Waals surface area (Å²) in [7, 11) is 1.29. The molecule has 0 aliphatic heterocycles. The molecule has 0 atom stereocenters. The van der Waals surface area contributed by atoms with Crippen LogP contribution < -0.4 is 4.74 Å². The van der Waals surface area contributed by atoms with Crippen LogP contribution in [-0.4, -0.2) is 37.7 Å². The third-order valence-electron chi connectivity index (χ3n) is 2.78. The van der Waals surface area contributed by atoms with Crippen LogP contribution in [0.2, 0.25) is 0 Å². The van der Waals surface area contributed by atoms with Gasteiger partial charge in [0, 0.05) is 0 Å². The Labute approximate surface area is 136 Å². The third kappa shape index (κ3) is 4.12. The Bertz CT molecular complexity index is 683. The highest BCUT2D eigenvalue weighted by molar-refractivity contribution is 6.00. The molecule has 0 fully saturated rings. The molecule has 1 aromatic heterocycles. The van der Waals surface area contributed by atoms with Crippen LogP contribution in [0.5, 0.6) is 5.88 Å². The summed E-state index contributed by atoms with van der Waals surface area (Å²) < 4.78 is 92.4. The maximum absolute atomic E-state index is 13.4. The van der Waals surface area contributed by atoms with Gasteiger partial charge in [0.15, 0.2) is 5.69 Å². The van der Waals surface area contributed by atoms with Gasteiger partial charge >= 0.3 is 24.3 Å². The number of halogens is 6. The van der Waals surface area contributed by atoms with Gasteiger partial charge in [0.2, 0.25) is 5.88 Å². The second kappa shape index (κ2) is 7.15. The molecule has 0 aliphatic rings. The van der Waals surface area contributed by atoms with Gasteiger partial charge in [0.25, 0.3) is 0 Å². The Morgan fingerprint density at radius 3 is 1.88 bits per heavy atom. The van der Waals surface area contributed by atoms with Crippen molar-refractivity contribution in [1.82, 2.24) is 4.98 Å². The van der Waals surface area contributed by atoms with Gasteiger partial charge in [-0.05, 0) is 6.92 Å². The van der Waals surface area contributed by atoms with Gasteiger partial charge in [0.1, 0.15) is 11.1 Å². The van der Waals surface area contributed by atoms with E-state index < -0.39 is 52.6 Å². The Morgan fingerprint density at radius 1 is 0.960 bits per heavy atom. The minimum atomic E-state index is -5.54. The van der Waals surface area contributed by atoms with E-state index in [1.54, 1.807) is 0 Å². The largest absolute Gasteiger partial charge is 0.480 e. The minimum Gasteiger partial charge on any atom is -0.480 e. The SMILES string of the molecule is CCOC(=O)c1c(OC)nc(C(F)(F)F)c(C(=O)OC)c1C(F)(F)F. The molecule has 0 spiro atoms. The second-order valence-electron chi connectivity index (χ2n) is 4.30. The summed E-state index contributed by atoms with van der Waals surface area (Å²) in [6.07, 6.45) is -11.0. The molecule has 0 saturated heterocycles. The number of carbonyl (C=O) groups excluding carboxylic acids is 2. The number of hydrogen-bond donors (Lipinski definition) is 0. The van der Waals surface area contributed by atoms with Gasteiger partial charge in [-0.25, -0.2) is 14.6 Å². The molecule has 0 bridgehead atoms. The van der Waals surface area contributed by atoms with Crippen molar-refractivity contribution < 1.29 is 50.1 Å². The number of methoxy groups -OCH3 is 2. The highest BCUT2D eigenvalue weighted by atomic mass is 19.4. The molecule has 0 aromatic carbocycles. The lowest BCUT2D eigenvalue weighted by Crippen LogP contribution is -2.27. The molecular weight excluding hydrogens is 364 g/mol. The molecule has 0 amide bonds. The molecule has 0 aliphatic carbocycles. The molecule has 0 N–H and O–H groups in total. The fourth-order valence-electron chi connectivity index (χ4n) is 1.89. The van der Waals surface area contributed by atoms with Crippen molar-refractivity contribution in [2.45, 2.75) is 19.3 Å². The second-order valence-corrected chi connectivity index (χ2v) is 4.30. The first-order valence-corrected chi connectivity index (χ1v) is 6.41. The molecule has 0 saturated carbocycles. The number of aromatic nitrogens is 1. The molecule has 1 aromatic rings. The van der Waals surface area contributed by atoms with Crippen LogP contribution in [0.25, 0.3) is 0 Å². The summed E-state index contributed by atoms with van der Waals surface area (Å²) in [5.74, 6) is -4.91. The molecule has 1 heterocycles. The van der Waals surface area contributed by atoms with Crippen molar-refractivity contribution in [3.63, 3.8) is 0 Å². The molecule has 0 radical (unpaired) electrons. The normalized spacial score (nSPS) is 11.9. The van der Waals surface area contributed by atoms with Crippen LogP contribution in [-0.2, 0) is 21.8 Å². The average molecular weight is 375 g/mol. The van der Waals surface area contributed by atoms with E-state index in [1.807, 2.05) is 0 Å². The first-order chi connectivity index (χ1) is 11.4. The number of pyridine rings is 1. The van der Waals surface area contributed by atoms with Crippen LogP contribution in [0.15, 0.2) is 0 Å². The van der Waals surface area contributed by atoms with E-state index in [9.17, 15) is 35.9 Å². The van der Waals surface area contributed by atoms with Crippen LogP contribution in [0.1, 0.15) is 38.9 Å². The van der Waals surface area contributed by atoms with Gasteiger partial charge in [-0.1, -0.05) is 0 Å². The Kier molecular flexibility index (Phi) is 5.87. The zero-order valence-electron chi connectivity index (χ0n) is 13.0.